The average molecular weight is 397 g/mol. The topological polar surface area (TPSA) is 63.4 Å². The first-order valence-corrected chi connectivity index (χ1v) is 10.7. The van der Waals surface area contributed by atoms with Crippen molar-refractivity contribution in [2.24, 2.45) is 5.73 Å². The van der Waals surface area contributed by atoms with Crippen molar-refractivity contribution in [1.82, 2.24) is 4.90 Å². The Labute approximate surface area is 167 Å². The van der Waals surface area contributed by atoms with E-state index in [1.165, 1.54) is 14.7 Å². The molecule has 4 nitrogen and oxygen atoms in total. The van der Waals surface area contributed by atoms with Crippen molar-refractivity contribution in [2.75, 3.05) is 6.54 Å². The summed E-state index contributed by atoms with van der Waals surface area (Å²) in [7, 11) is 0. The molecule has 138 valence electrons. The Morgan fingerprint density at radius 3 is 2.04 bits per heavy atom. The van der Waals surface area contributed by atoms with Crippen molar-refractivity contribution in [3.8, 4) is 0 Å². The van der Waals surface area contributed by atoms with E-state index in [0.29, 0.717) is 24.1 Å². The quantitative estimate of drug-likeness (QED) is 0.586. The summed E-state index contributed by atoms with van der Waals surface area (Å²) >= 11 is 3.63. The van der Waals surface area contributed by atoms with Gasteiger partial charge >= 0.3 is 0 Å². The molecule has 0 spiro atoms. The van der Waals surface area contributed by atoms with Crippen molar-refractivity contribution >= 4 is 35.3 Å². The molecule has 0 saturated heterocycles. The van der Waals surface area contributed by atoms with Crippen LogP contribution in [0.1, 0.15) is 33.6 Å². The van der Waals surface area contributed by atoms with Crippen LogP contribution in [0.15, 0.2) is 70.5 Å². The second-order valence-electron chi connectivity index (χ2n) is 6.47. The molecule has 4 rings (SSSR count). The highest BCUT2D eigenvalue weighted by Gasteiger charge is 2.40. The summed E-state index contributed by atoms with van der Waals surface area (Å²) < 4.78 is 0.281. The van der Waals surface area contributed by atoms with Gasteiger partial charge in [-0.2, -0.15) is 0 Å². The maximum Gasteiger partial charge on any atom is 0.261 e. The van der Waals surface area contributed by atoms with E-state index in [2.05, 4.69) is 12.1 Å². The highest BCUT2D eigenvalue weighted by Crippen LogP contribution is 2.50. The van der Waals surface area contributed by atoms with Gasteiger partial charge in [0.1, 0.15) is 0 Å². The van der Waals surface area contributed by atoms with Gasteiger partial charge in [-0.1, -0.05) is 36.4 Å². The summed E-state index contributed by atoms with van der Waals surface area (Å²) in [6, 6.07) is 15.2. The standard InChI is InChI=1S/C21H20N2O2S2/c22-12-6-5-7-14(13-19-26-17-10-3-4-11-18(17)27-19)23-20(24)15-8-1-2-9-16(15)21(23)25/h1-6,8-11,14,19H,7,12-13,22H2. The number of nitrogens with zero attached hydrogens (tertiary/aromatic N) is 1. The van der Waals surface area contributed by atoms with Crippen molar-refractivity contribution in [2.45, 2.75) is 33.3 Å². The summed E-state index contributed by atoms with van der Waals surface area (Å²) in [6.45, 7) is 0.452. The fraction of sp³-hybridized carbons (Fsp3) is 0.238. The van der Waals surface area contributed by atoms with Gasteiger partial charge in [0.25, 0.3) is 11.8 Å². The number of carbonyl (C=O) groups excluding carboxylic acids is 2. The maximum atomic E-state index is 12.9. The minimum absolute atomic E-state index is 0.181. The monoisotopic (exact) mass is 396 g/mol. The van der Waals surface area contributed by atoms with E-state index in [1.54, 1.807) is 24.3 Å². The number of imide groups is 1. The Kier molecular flexibility index (Phi) is 5.38. The van der Waals surface area contributed by atoms with E-state index in [9.17, 15) is 9.59 Å². The van der Waals surface area contributed by atoms with E-state index in [1.807, 2.05) is 47.8 Å². The minimum Gasteiger partial charge on any atom is -0.327 e. The molecule has 0 bridgehead atoms. The third-order valence-electron chi connectivity index (χ3n) is 4.73. The maximum absolute atomic E-state index is 12.9. The van der Waals surface area contributed by atoms with Crippen LogP contribution in [0.3, 0.4) is 0 Å². The van der Waals surface area contributed by atoms with Gasteiger partial charge in [0.2, 0.25) is 0 Å². The van der Waals surface area contributed by atoms with Crippen LogP contribution in [0, 0.1) is 0 Å². The molecule has 27 heavy (non-hydrogen) atoms. The second kappa shape index (κ2) is 7.92. The van der Waals surface area contributed by atoms with E-state index < -0.39 is 0 Å². The van der Waals surface area contributed by atoms with Crippen LogP contribution in [0.2, 0.25) is 0 Å². The molecule has 6 heteroatoms. The predicted molar refractivity (Wildman–Crippen MR) is 110 cm³/mol. The van der Waals surface area contributed by atoms with E-state index in [0.717, 1.165) is 6.42 Å². The van der Waals surface area contributed by atoms with Crippen LogP contribution in [-0.2, 0) is 0 Å². The van der Waals surface area contributed by atoms with Gasteiger partial charge in [0, 0.05) is 22.4 Å². The fourth-order valence-electron chi connectivity index (χ4n) is 3.47. The number of carbonyl (C=O) groups is 2. The van der Waals surface area contributed by atoms with Crippen LogP contribution in [-0.4, -0.2) is 33.9 Å². The first-order chi connectivity index (χ1) is 13.2. The molecule has 0 aliphatic carbocycles. The summed E-state index contributed by atoms with van der Waals surface area (Å²) in [4.78, 5) is 29.8. The highest BCUT2D eigenvalue weighted by atomic mass is 32.2. The van der Waals surface area contributed by atoms with Gasteiger partial charge < -0.3 is 5.73 Å². The van der Waals surface area contributed by atoms with Crippen molar-refractivity contribution in [3.05, 3.63) is 71.8 Å². The van der Waals surface area contributed by atoms with Gasteiger partial charge in [-0.25, -0.2) is 0 Å². The van der Waals surface area contributed by atoms with Crippen LogP contribution < -0.4 is 5.73 Å². The molecular weight excluding hydrogens is 376 g/mol. The highest BCUT2D eigenvalue weighted by molar-refractivity contribution is 8.19. The van der Waals surface area contributed by atoms with Gasteiger partial charge in [0.15, 0.2) is 0 Å². The zero-order valence-corrected chi connectivity index (χ0v) is 16.3. The number of rotatable bonds is 6. The zero-order valence-electron chi connectivity index (χ0n) is 14.7. The number of hydrogen-bond donors (Lipinski definition) is 1. The van der Waals surface area contributed by atoms with E-state index in [-0.39, 0.29) is 22.4 Å². The molecule has 1 atom stereocenters. The molecule has 2 aromatic carbocycles. The molecule has 1 unspecified atom stereocenters. The predicted octanol–water partition coefficient (Wildman–Crippen LogP) is 4.17. The van der Waals surface area contributed by atoms with Gasteiger partial charge in [0.05, 0.1) is 15.7 Å². The molecule has 0 saturated carbocycles. The Hall–Kier alpha value is -2.02. The Morgan fingerprint density at radius 1 is 0.926 bits per heavy atom. The number of benzene rings is 2. The number of thioether (sulfide) groups is 2. The van der Waals surface area contributed by atoms with Crippen molar-refractivity contribution in [1.29, 1.82) is 0 Å². The molecule has 2 aliphatic heterocycles. The summed E-state index contributed by atoms with van der Waals surface area (Å²) in [5.74, 6) is -0.375. The van der Waals surface area contributed by atoms with Crippen LogP contribution >= 0.6 is 23.5 Å². The Bertz CT molecular complexity index is 853. The van der Waals surface area contributed by atoms with Gasteiger partial charge in [-0.15, -0.1) is 23.5 Å². The summed E-state index contributed by atoms with van der Waals surface area (Å²) in [5, 5.41) is 0. The van der Waals surface area contributed by atoms with Gasteiger partial charge in [-0.3, -0.25) is 14.5 Å². The van der Waals surface area contributed by atoms with Crippen molar-refractivity contribution < 1.29 is 9.59 Å². The lowest BCUT2D eigenvalue weighted by molar-refractivity contribution is 0.0581. The smallest absolute Gasteiger partial charge is 0.261 e. The molecule has 2 heterocycles. The van der Waals surface area contributed by atoms with E-state index in [4.69, 9.17) is 5.73 Å². The first kappa shape index (κ1) is 18.3. The lowest BCUT2D eigenvalue weighted by Gasteiger charge is -2.27. The number of nitrogens with two attached hydrogens (primary N) is 1. The molecule has 0 radical (unpaired) electrons. The Morgan fingerprint density at radius 2 is 1.48 bits per heavy atom. The number of hydrogen-bond acceptors (Lipinski definition) is 5. The number of fused-ring (bicyclic) bond motifs is 2. The normalized spacial score (nSPS) is 17.6. The zero-order chi connectivity index (χ0) is 18.8. The number of amides is 2. The Balaban J connectivity index is 1.56. The molecular formula is C21H20N2O2S2. The lowest BCUT2D eigenvalue weighted by atomic mass is 10.1. The molecule has 2 N–H and O–H groups in total. The SMILES string of the molecule is NCC=CCC(CC1Sc2ccccc2S1)N1C(=O)c2ccccc2C1=O. The summed E-state index contributed by atoms with van der Waals surface area (Å²) in [5.41, 5.74) is 6.58. The molecule has 2 aromatic rings. The fourth-order valence-corrected chi connectivity index (χ4v) is 6.46. The van der Waals surface area contributed by atoms with Crippen LogP contribution in [0.25, 0.3) is 0 Å². The molecule has 2 amide bonds. The van der Waals surface area contributed by atoms with E-state index >= 15 is 0 Å². The van der Waals surface area contributed by atoms with Crippen LogP contribution in [0.4, 0.5) is 0 Å². The van der Waals surface area contributed by atoms with Crippen molar-refractivity contribution in [3.63, 3.8) is 0 Å². The third kappa shape index (κ3) is 3.57. The molecule has 0 fully saturated rings. The average Bonchev–Trinajstić information content (AvgIpc) is 3.20. The lowest BCUT2D eigenvalue weighted by Crippen LogP contribution is -2.40. The van der Waals surface area contributed by atoms with Crippen LogP contribution in [0.5, 0.6) is 0 Å². The first-order valence-electron chi connectivity index (χ1n) is 8.93. The largest absolute Gasteiger partial charge is 0.327 e. The second-order valence-corrected chi connectivity index (χ2v) is 9.26. The summed E-state index contributed by atoms with van der Waals surface area (Å²) in [6.07, 6.45) is 5.22. The third-order valence-corrected chi connectivity index (χ3v) is 7.57. The van der Waals surface area contributed by atoms with Gasteiger partial charge in [-0.05, 0) is 37.1 Å². The molecule has 0 aromatic heterocycles. The minimum atomic E-state index is -0.188. The molecule has 2 aliphatic rings.